The van der Waals surface area contributed by atoms with Crippen LogP contribution in [-0.4, -0.2) is 86.3 Å². The molecule has 7 nitrogen and oxygen atoms in total. The number of methoxy groups -OCH3 is 1. The second-order valence-electron chi connectivity index (χ2n) is 4.96. The van der Waals surface area contributed by atoms with Gasteiger partial charge in [-0.15, -0.1) is 12.4 Å². The summed E-state index contributed by atoms with van der Waals surface area (Å²) in [5.74, 6) is -0.719. The lowest BCUT2D eigenvalue weighted by atomic mass is 10.3. The van der Waals surface area contributed by atoms with Crippen LogP contribution in [0.3, 0.4) is 0 Å². The van der Waals surface area contributed by atoms with Gasteiger partial charge in [-0.25, -0.2) is 0 Å². The third-order valence-corrected chi connectivity index (χ3v) is 3.32. The summed E-state index contributed by atoms with van der Waals surface area (Å²) in [5, 5.41) is 11.5. The van der Waals surface area contributed by atoms with E-state index in [2.05, 4.69) is 15.1 Å². The number of hydrogen-bond acceptors (Lipinski definition) is 5. The Labute approximate surface area is 132 Å². The molecule has 1 heterocycles. The smallest absolute Gasteiger partial charge is 0.304 e. The zero-order valence-electron chi connectivity index (χ0n) is 12.5. The van der Waals surface area contributed by atoms with Crippen molar-refractivity contribution >= 4 is 24.3 Å². The highest BCUT2D eigenvalue weighted by molar-refractivity contribution is 5.85. The number of nitrogens with zero attached hydrogens (tertiary/aromatic N) is 2. The molecular formula is C13H26ClN3O4. The second kappa shape index (κ2) is 11.7. The Balaban J connectivity index is 0.00000400. The van der Waals surface area contributed by atoms with Crippen LogP contribution in [0.1, 0.15) is 12.8 Å². The fraction of sp³-hybridized carbons (Fsp3) is 0.846. The SMILES string of the molecule is COCCCNC(=O)CN1CCN(CCC(=O)O)CC1.Cl. The van der Waals surface area contributed by atoms with E-state index in [1.807, 2.05) is 0 Å². The molecule has 0 aromatic carbocycles. The van der Waals surface area contributed by atoms with E-state index in [0.717, 1.165) is 32.6 Å². The molecule has 0 aliphatic carbocycles. The maximum Gasteiger partial charge on any atom is 0.304 e. The molecule has 1 aliphatic heterocycles. The molecule has 0 atom stereocenters. The number of rotatable bonds is 9. The van der Waals surface area contributed by atoms with Gasteiger partial charge in [-0.3, -0.25) is 14.5 Å². The lowest BCUT2D eigenvalue weighted by Crippen LogP contribution is -2.49. The average Bonchev–Trinajstić information content (AvgIpc) is 2.43. The van der Waals surface area contributed by atoms with Crippen molar-refractivity contribution in [2.75, 3.05) is 59.5 Å². The van der Waals surface area contributed by atoms with Crippen molar-refractivity contribution in [1.29, 1.82) is 0 Å². The van der Waals surface area contributed by atoms with E-state index >= 15 is 0 Å². The van der Waals surface area contributed by atoms with Gasteiger partial charge in [0.2, 0.25) is 5.91 Å². The zero-order chi connectivity index (χ0) is 14.8. The predicted molar refractivity (Wildman–Crippen MR) is 81.9 cm³/mol. The standard InChI is InChI=1S/C13H25N3O4.ClH/c1-20-10-2-4-14-12(17)11-16-8-6-15(7-9-16)5-3-13(18)19;/h2-11H2,1H3,(H,14,17)(H,18,19);1H. The van der Waals surface area contributed by atoms with Crippen LogP contribution in [0.15, 0.2) is 0 Å². The molecule has 0 spiro atoms. The molecule has 1 aliphatic rings. The monoisotopic (exact) mass is 323 g/mol. The third kappa shape index (κ3) is 9.62. The molecule has 0 aromatic rings. The summed E-state index contributed by atoms with van der Waals surface area (Å²) < 4.78 is 4.92. The molecule has 1 rings (SSSR count). The van der Waals surface area contributed by atoms with Gasteiger partial charge < -0.3 is 20.1 Å². The number of nitrogens with one attached hydrogen (secondary N) is 1. The van der Waals surface area contributed by atoms with Crippen molar-refractivity contribution in [1.82, 2.24) is 15.1 Å². The van der Waals surface area contributed by atoms with Crippen LogP contribution in [0.5, 0.6) is 0 Å². The minimum atomic E-state index is -0.761. The Morgan fingerprint density at radius 1 is 1.19 bits per heavy atom. The average molecular weight is 324 g/mol. The van der Waals surface area contributed by atoms with Crippen LogP contribution in [0.4, 0.5) is 0 Å². The maximum atomic E-state index is 11.7. The highest BCUT2D eigenvalue weighted by Gasteiger charge is 2.18. The van der Waals surface area contributed by atoms with Gasteiger partial charge in [0.15, 0.2) is 0 Å². The Hall–Kier alpha value is -0.890. The number of carboxylic acid groups (broad SMARTS) is 1. The second-order valence-corrected chi connectivity index (χ2v) is 4.96. The molecule has 21 heavy (non-hydrogen) atoms. The number of carbonyl (C=O) groups excluding carboxylic acids is 1. The Kier molecular flexibility index (Phi) is 11.2. The quantitative estimate of drug-likeness (QED) is 0.565. The minimum absolute atomic E-state index is 0. The van der Waals surface area contributed by atoms with Gasteiger partial charge in [0.25, 0.3) is 0 Å². The molecule has 0 aromatic heterocycles. The third-order valence-electron chi connectivity index (χ3n) is 3.32. The Morgan fingerprint density at radius 3 is 2.38 bits per heavy atom. The molecule has 0 bridgehead atoms. The minimum Gasteiger partial charge on any atom is -0.481 e. The van der Waals surface area contributed by atoms with Crippen LogP contribution < -0.4 is 5.32 Å². The topological polar surface area (TPSA) is 82.1 Å². The van der Waals surface area contributed by atoms with Gasteiger partial charge >= 0.3 is 5.97 Å². The summed E-state index contributed by atoms with van der Waals surface area (Å²) >= 11 is 0. The van der Waals surface area contributed by atoms with Gasteiger partial charge in [-0.2, -0.15) is 0 Å². The van der Waals surface area contributed by atoms with Crippen LogP contribution in [-0.2, 0) is 14.3 Å². The molecule has 2 N–H and O–H groups in total. The number of aliphatic carboxylic acids is 1. The van der Waals surface area contributed by atoms with Crippen molar-refractivity contribution in [3.63, 3.8) is 0 Å². The molecule has 0 saturated carbocycles. The van der Waals surface area contributed by atoms with Gasteiger partial charge in [0.05, 0.1) is 13.0 Å². The summed E-state index contributed by atoms with van der Waals surface area (Å²) in [5.41, 5.74) is 0. The first-order valence-corrected chi connectivity index (χ1v) is 7.04. The van der Waals surface area contributed by atoms with Crippen molar-refractivity contribution in [3.05, 3.63) is 0 Å². The summed E-state index contributed by atoms with van der Waals surface area (Å²) in [7, 11) is 1.64. The predicted octanol–water partition coefficient (Wildman–Crippen LogP) is -0.347. The molecule has 8 heteroatoms. The summed E-state index contributed by atoms with van der Waals surface area (Å²) in [4.78, 5) is 26.4. The molecular weight excluding hydrogens is 298 g/mol. The van der Waals surface area contributed by atoms with Gasteiger partial charge in [0, 0.05) is 53.0 Å². The van der Waals surface area contributed by atoms with Crippen molar-refractivity contribution in [2.45, 2.75) is 12.8 Å². The largest absolute Gasteiger partial charge is 0.481 e. The first-order chi connectivity index (χ1) is 9.61. The molecule has 1 fully saturated rings. The molecule has 0 unspecified atom stereocenters. The zero-order valence-corrected chi connectivity index (χ0v) is 13.4. The molecule has 1 saturated heterocycles. The van der Waals surface area contributed by atoms with Crippen LogP contribution in [0, 0.1) is 0 Å². The normalized spacial score (nSPS) is 16.2. The molecule has 1 amide bonds. The van der Waals surface area contributed by atoms with E-state index in [1.165, 1.54) is 0 Å². The first kappa shape index (κ1) is 20.1. The number of amides is 1. The number of carbonyl (C=O) groups is 2. The number of piperazine rings is 1. The van der Waals surface area contributed by atoms with Crippen molar-refractivity contribution in [2.24, 2.45) is 0 Å². The Bertz CT molecular complexity index is 310. The van der Waals surface area contributed by atoms with E-state index in [0.29, 0.717) is 26.2 Å². The van der Waals surface area contributed by atoms with Crippen LogP contribution >= 0.6 is 12.4 Å². The van der Waals surface area contributed by atoms with E-state index in [9.17, 15) is 9.59 Å². The van der Waals surface area contributed by atoms with E-state index in [1.54, 1.807) is 7.11 Å². The fourth-order valence-corrected chi connectivity index (χ4v) is 2.13. The summed E-state index contributed by atoms with van der Waals surface area (Å²) in [6.07, 6.45) is 1.01. The van der Waals surface area contributed by atoms with Gasteiger partial charge in [-0.1, -0.05) is 0 Å². The van der Waals surface area contributed by atoms with Crippen molar-refractivity contribution in [3.8, 4) is 0 Å². The highest BCUT2D eigenvalue weighted by Crippen LogP contribution is 2.02. The van der Waals surface area contributed by atoms with E-state index in [4.69, 9.17) is 9.84 Å². The maximum absolute atomic E-state index is 11.7. The first-order valence-electron chi connectivity index (χ1n) is 7.04. The number of carboxylic acids is 1. The van der Waals surface area contributed by atoms with E-state index < -0.39 is 5.97 Å². The number of ether oxygens (including phenoxy) is 1. The Morgan fingerprint density at radius 2 is 1.81 bits per heavy atom. The summed E-state index contributed by atoms with van der Waals surface area (Å²) in [6.45, 7) is 5.57. The van der Waals surface area contributed by atoms with Gasteiger partial charge in [0.1, 0.15) is 0 Å². The number of hydrogen-bond donors (Lipinski definition) is 2. The van der Waals surface area contributed by atoms with Crippen molar-refractivity contribution < 1.29 is 19.4 Å². The lowest BCUT2D eigenvalue weighted by Gasteiger charge is -2.33. The summed E-state index contributed by atoms with van der Waals surface area (Å²) in [6, 6.07) is 0. The number of halogens is 1. The fourth-order valence-electron chi connectivity index (χ4n) is 2.13. The highest BCUT2D eigenvalue weighted by atomic mass is 35.5. The lowest BCUT2D eigenvalue weighted by molar-refractivity contribution is -0.137. The van der Waals surface area contributed by atoms with Gasteiger partial charge in [-0.05, 0) is 6.42 Å². The molecule has 124 valence electrons. The van der Waals surface area contributed by atoms with E-state index in [-0.39, 0.29) is 24.7 Å². The van der Waals surface area contributed by atoms with Crippen LogP contribution in [0.25, 0.3) is 0 Å². The van der Waals surface area contributed by atoms with Crippen LogP contribution in [0.2, 0.25) is 0 Å². The molecule has 0 radical (unpaired) electrons.